The van der Waals surface area contributed by atoms with Gasteiger partial charge in [0.25, 0.3) is 0 Å². The number of fused-ring (bicyclic) bond motifs is 1. The molecule has 0 spiro atoms. The largest absolute Gasteiger partial charge is 0.462 e. The first-order valence-corrected chi connectivity index (χ1v) is 6.44. The normalized spacial score (nSPS) is 23.9. The quantitative estimate of drug-likeness (QED) is 0.711. The summed E-state index contributed by atoms with van der Waals surface area (Å²) in [5, 5.41) is 2.35. The average Bonchev–Trinajstić information content (AvgIpc) is 2.38. The minimum atomic E-state index is -0.104. The van der Waals surface area contributed by atoms with Gasteiger partial charge in [0.15, 0.2) is 0 Å². The zero-order valence-electron chi connectivity index (χ0n) is 10.4. The molecule has 92 valence electrons. The number of carbonyl (C=O) groups is 1. The first-order chi connectivity index (χ1) is 8.75. The summed E-state index contributed by atoms with van der Waals surface area (Å²) in [6.07, 6.45) is 1.89. The van der Waals surface area contributed by atoms with Crippen molar-refractivity contribution in [2.75, 3.05) is 0 Å². The summed E-state index contributed by atoms with van der Waals surface area (Å²) in [7, 11) is 0. The van der Waals surface area contributed by atoms with Gasteiger partial charge in [0.1, 0.15) is 0 Å². The van der Waals surface area contributed by atoms with E-state index in [1.165, 1.54) is 5.39 Å². The monoisotopic (exact) mass is 240 g/mol. The smallest absolute Gasteiger partial charge is 0.313 e. The number of carbonyl (C=O) groups excluding carboxylic acids is 1. The molecule has 2 aromatic carbocycles. The van der Waals surface area contributed by atoms with E-state index in [0.717, 1.165) is 23.8 Å². The van der Waals surface area contributed by atoms with E-state index in [1.807, 2.05) is 31.2 Å². The van der Waals surface area contributed by atoms with Gasteiger partial charge >= 0.3 is 5.97 Å². The second-order valence-electron chi connectivity index (χ2n) is 4.95. The van der Waals surface area contributed by atoms with E-state index in [4.69, 9.17) is 4.74 Å². The molecule has 0 amide bonds. The number of hydrogen-bond acceptors (Lipinski definition) is 2. The van der Waals surface area contributed by atoms with Crippen molar-refractivity contribution in [2.45, 2.75) is 31.8 Å². The molecule has 1 aliphatic rings. The van der Waals surface area contributed by atoms with E-state index in [2.05, 4.69) is 18.2 Å². The Labute approximate surface area is 107 Å². The Morgan fingerprint density at radius 2 is 1.83 bits per heavy atom. The van der Waals surface area contributed by atoms with E-state index in [-0.39, 0.29) is 18.0 Å². The van der Waals surface area contributed by atoms with Crippen LogP contribution in [-0.2, 0) is 9.53 Å². The van der Waals surface area contributed by atoms with Gasteiger partial charge < -0.3 is 4.74 Å². The molecule has 2 atom stereocenters. The van der Waals surface area contributed by atoms with E-state index in [9.17, 15) is 4.79 Å². The SMILES string of the molecule is CC1CCC(c2cccc3ccccc23)C(=O)O1. The Bertz CT molecular complexity index is 583. The summed E-state index contributed by atoms with van der Waals surface area (Å²) in [6.45, 7) is 1.96. The predicted molar refractivity (Wildman–Crippen MR) is 71.5 cm³/mol. The van der Waals surface area contributed by atoms with Crippen LogP contribution >= 0.6 is 0 Å². The molecule has 2 unspecified atom stereocenters. The average molecular weight is 240 g/mol. The van der Waals surface area contributed by atoms with Crippen molar-refractivity contribution in [3.05, 3.63) is 48.0 Å². The number of ether oxygens (including phenoxy) is 1. The molecule has 18 heavy (non-hydrogen) atoms. The molecule has 0 saturated carbocycles. The molecule has 0 aromatic heterocycles. The molecule has 2 heteroatoms. The highest BCUT2D eigenvalue weighted by Crippen LogP contribution is 2.33. The Morgan fingerprint density at radius 1 is 1.06 bits per heavy atom. The Morgan fingerprint density at radius 3 is 2.67 bits per heavy atom. The van der Waals surface area contributed by atoms with Gasteiger partial charge in [-0.05, 0) is 36.1 Å². The summed E-state index contributed by atoms with van der Waals surface area (Å²) in [5.74, 6) is -0.183. The topological polar surface area (TPSA) is 26.3 Å². The van der Waals surface area contributed by atoms with Crippen molar-refractivity contribution < 1.29 is 9.53 Å². The Balaban J connectivity index is 2.06. The number of rotatable bonds is 1. The predicted octanol–water partition coefficient (Wildman–Crippen LogP) is 3.65. The van der Waals surface area contributed by atoms with Crippen LogP contribution in [0.15, 0.2) is 42.5 Å². The van der Waals surface area contributed by atoms with Crippen LogP contribution in [-0.4, -0.2) is 12.1 Å². The fourth-order valence-corrected chi connectivity index (χ4v) is 2.70. The Hall–Kier alpha value is -1.83. The molecule has 2 aromatic rings. The highest BCUT2D eigenvalue weighted by molar-refractivity contribution is 5.91. The second-order valence-corrected chi connectivity index (χ2v) is 4.95. The molecular formula is C16H16O2. The van der Waals surface area contributed by atoms with Crippen LogP contribution in [0.5, 0.6) is 0 Å². The number of hydrogen-bond donors (Lipinski definition) is 0. The molecule has 1 aliphatic heterocycles. The van der Waals surface area contributed by atoms with Crippen molar-refractivity contribution in [1.82, 2.24) is 0 Å². The van der Waals surface area contributed by atoms with Crippen molar-refractivity contribution >= 4 is 16.7 Å². The van der Waals surface area contributed by atoms with Crippen LogP contribution in [0.1, 0.15) is 31.2 Å². The fourth-order valence-electron chi connectivity index (χ4n) is 2.70. The maximum Gasteiger partial charge on any atom is 0.313 e. The van der Waals surface area contributed by atoms with Crippen molar-refractivity contribution in [3.8, 4) is 0 Å². The molecule has 1 saturated heterocycles. The number of esters is 1. The van der Waals surface area contributed by atoms with Gasteiger partial charge in [-0.3, -0.25) is 4.79 Å². The standard InChI is InChI=1S/C16H16O2/c1-11-9-10-15(16(17)18-11)14-8-4-6-12-5-2-3-7-13(12)14/h2-8,11,15H,9-10H2,1H3. The first-order valence-electron chi connectivity index (χ1n) is 6.44. The minimum Gasteiger partial charge on any atom is -0.462 e. The molecule has 1 heterocycles. The van der Waals surface area contributed by atoms with Crippen molar-refractivity contribution in [3.63, 3.8) is 0 Å². The van der Waals surface area contributed by atoms with E-state index < -0.39 is 0 Å². The molecule has 2 nitrogen and oxygen atoms in total. The number of benzene rings is 2. The summed E-state index contributed by atoms with van der Waals surface area (Å²) in [4.78, 5) is 12.0. The van der Waals surface area contributed by atoms with Crippen LogP contribution in [0.25, 0.3) is 10.8 Å². The summed E-state index contributed by atoms with van der Waals surface area (Å²) in [5.41, 5.74) is 1.10. The van der Waals surface area contributed by atoms with Crippen molar-refractivity contribution in [1.29, 1.82) is 0 Å². The molecule has 0 N–H and O–H groups in total. The third-order valence-electron chi connectivity index (χ3n) is 3.66. The lowest BCUT2D eigenvalue weighted by molar-refractivity contribution is -0.154. The lowest BCUT2D eigenvalue weighted by Crippen LogP contribution is -2.27. The molecule has 1 fully saturated rings. The summed E-state index contributed by atoms with van der Waals surface area (Å²) >= 11 is 0. The molecule has 0 bridgehead atoms. The first kappa shape index (κ1) is 11.3. The number of cyclic esters (lactones) is 1. The summed E-state index contributed by atoms with van der Waals surface area (Å²) < 4.78 is 5.36. The second kappa shape index (κ2) is 4.45. The minimum absolute atomic E-state index is 0.0590. The van der Waals surface area contributed by atoms with Crippen molar-refractivity contribution in [2.24, 2.45) is 0 Å². The third-order valence-corrected chi connectivity index (χ3v) is 3.66. The fraction of sp³-hybridized carbons (Fsp3) is 0.312. The zero-order chi connectivity index (χ0) is 12.5. The van der Waals surface area contributed by atoms with E-state index >= 15 is 0 Å². The molecule has 3 rings (SSSR count). The maximum atomic E-state index is 12.0. The van der Waals surface area contributed by atoms with Crippen LogP contribution in [0.4, 0.5) is 0 Å². The van der Waals surface area contributed by atoms with Gasteiger partial charge in [-0.2, -0.15) is 0 Å². The van der Waals surface area contributed by atoms with E-state index in [1.54, 1.807) is 0 Å². The molecule has 0 aliphatic carbocycles. The lowest BCUT2D eigenvalue weighted by Gasteiger charge is -2.26. The van der Waals surface area contributed by atoms with Gasteiger partial charge in [-0.25, -0.2) is 0 Å². The van der Waals surface area contributed by atoms with Gasteiger partial charge in [-0.15, -0.1) is 0 Å². The molecule has 0 radical (unpaired) electrons. The van der Waals surface area contributed by atoms with Gasteiger partial charge in [-0.1, -0.05) is 42.5 Å². The highest BCUT2D eigenvalue weighted by Gasteiger charge is 2.30. The van der Waals surface area contributed by atoms with Gasteiger partial charge in [0.2, 0.25) is 0 Å². The van der Waals surface area contributed by atoms with E-state index in [0.29, 0.717) is 0 Å². The third kappa shape index (κ3) is 1.88. The Kier molecular flexibility index (Phi) is 2.78. The van der Waals surface area contributed by atoms with Gasteiger partial charge in [0.05, 0.1) is 12.0 Å². The van der Waals surface area contributed by atoms with Gasteiger partial charge in [0, 0.05) is 0 Å². The highest BCUT2D eigenvalue weighted by atomic mass is 16.5. The van der Waals surface area contributed by atoms with Crippen LogP contribution in [0, 0.1) is 0 Å². The lowest BCUT2D eigenvalue weighted by atomic mass is 9.88. The molecular weight excluding hydrogens is 224 g/mol. The summed E-state index contributed by atoms with van der Waals surface area (Å²) in [6, 6.07) is 14.3. The van der Waals surface area contributed by atoms with Crippen LogP contribution in [0.2, 0.25) is 0 Å². The zero-order valence-corrected chi connectivity index (χ0v) is 10.4. The van der Waals surface area contributed by atoms with Crippen LogP contribution in [0.3, 0.4) is 0 Å². The van der Waals surface area contributed by atoms with Crippen LogP contribution < -0.4 is 0 Å². The maximum absolute atomic E-state index is 12.0.